The first-order valence-corrected chi connectivity index (χ1v) is 5.33. The van der Waals surface area contributed by atoms with Crippen molar-refractivity contribution < 1.29 is 4.79 Å². The fourth-order valence-electron chi connectivity index (χ4n) is 1.03. The quantitative estimate of drug-likeness (QED) is 0.731. The average Bonchev–Trinajstić information content (AvgIpc) is 2.54. The van der Waals surface area contributed by atoms with Gasteiger partial charge in [0.1, 0.15) is 5.69 Å². The van der Waals surface area contributed by atoms with Crippen LogP contribution >= 0.6 is 11.3 Å². The monoisotopic (exact) mass is 198 g/mol. The van der Waals surface area contributed by atoms with E-state index in [1.165, 1.54) is 11.3 Å². The van der Waals surface area contributed by atoms with Gasteiger partial charge in [-0.25, -0.2) is 4.98 Å². The minimum absolute atomic E-state index is 0.141. The Labute approximate surface area is 82.0 Å². The van der Waals surface area contributed by atoms with Gasteiger partial charge in [0.2, 0.25) is 0 Å². The molecule has 0 aliphatic heterocycles. The Balaban J connectivity index is 2.62. The van der Waals surface area contributed by atoms with Crippen LogP contribution in [-0.4, -0.2) is 17.3 Å². The summed E-state index contributed by atoms with van der Waals surface area (Å²) in [5.41, 5.74) is 5.99. The van der Waals surface area contributed by atoms with E-state index < -0.39 is 0 Å². The molecule has 0 aromatic carbocycles. The standard InChI is InChI=1S/C9H14N2OS/c1-2-3-8(12)7-6-13-9(11-7)4-5-10/h6H,2-5,10H2,1H3. The van der Waals surface area contributed by atoms with Gasteiger partial charge in [0.25, 0.3) is 0 Å². The molecule has 3 nitrogen and oxygen atoms in total. The third kappa shape index (κ3) is 2.90. The molecular weight excluding hydrogens is 184 g/mol. The van der Waals surface area contributed by atoms with Crippen LogP contribution in [-0.2, 0) is 6.42 Å². The predicted octanol–water partition coefficient (Wildman–Crippen LogP) is 1.63. The normalized spacial score (nSPS) is 10.3. The summed E-state index contributed by atoms with van der Waals surface area (Å²) in [6, 6.07) is 0. The summed E-state index contributed by atoms with van der Waals surface area (Å²) in [7, 11) is 0. The highest BCUT2D eigenvalue weighted by molar-refractivity contribution is 7.09. The maximum absolute atomic E-state index is 11.4. The maximum Gasteiger partial charge on any atom is 0.182 e. The van der Waals surface area contributed by atoms with Crippen molar-refractivity contribution in [2.24, 2.45) is 5.73 Å². The average molecular weight is 198 g/mol. The first kappa shape index (κ1) is 10.3. The number of hydrogen-bond acceptors (Lipinski definition) is 4. The molecule has 1 rings (SSSR count). The van der Waals surface area contributed by atoms with Crippen LogP contribution in [0.15, 0.2) is 5.38 Å². The summed E-state index contributed by atoms with van der Waals surface area (Å²) in [6.45, 7) is 2.58. The van der Waals surface area contributed by atoms with E-state index in [9.17, 15) is 4.79 Å². The zero-order chi connectivity index (χ0) is 9.68. The molecule has 72 valence electrons. The molecule has 0 bridgehead atoms. The number of hydrogen-bond donors (Lipinski definition) is 1. The minimum atomic E-state index is 0.141. The molecule has 0 aliphatic rings. The van der Waals surface area contributed by atoms with Gasteiger partial charge in [-0.05, 0) is 13.0 Å². The Hall–Kier alpha value is -0.740. The molecular formula is C9H14N2OS. The van der Waals surface area contributed by atoms with Crippen molar-refractivity contribution >= 4 is 17.1 Å². The summed E-state index contributed by atoms with van der Waals surface area (Å²) in [6.07, 6.45) is 2.23. The first-order valence-electron chi connectivity index (χ1n) is 4.45. The minimum Gasteiger partial charge on any atom is -0.330 e. The van der Waals surface area contributed by atoms with E-state index in [1.54, 1.807) is 0 Å². The van der Waals surface area contributed by atoms with Crippen LogP contribution in [0, 0.1) is 0 Å². The van der Waals surface area contributed by atoms with Gasteiger partial charge in [0.15, 0.2) is 5.78 Å². The fourth-order valence-corrected chi connectivity index (χ4v) is 1.85. The Kier molecular flexibility index (Phi) is 4.05. The lowest BCUT2D eigenvalue weighted by Crippen LogP contribution is -2.03. The van der Waals surface area contributed by atoms with Crippen molar-refractivity contribution in [1.29, 1.82) is 0 Å². The molecule has 13 heavy (non-hydrogen) atoms. The molecule has 1 aromatic rings. The lowest BCUT2D eigenvalue weighted by molar-refractivity contribution is 0.0977. The van der Waals surface area contributed by atoms with Crippen molar-refractivity contribution in [1.82, 2.24) is 4.98 Å². The smallest absolute Gasteiger partial charge is 0.182 e. The topological polar surface area (TPSA) is 56.0 Å². The number of thiazole rings is 1. The van der Waals surface area contributed by atoms with Crippen LogP contribution < -0.4 is 5.73 Å². The van der Waals surface area contributed by atoms with Crippen molar-refractivity contribution in [2.45, 2.75) is 26.2 Å². The molecule has 2 N–H and O–H groups in total. The second-order valence-electron chi connectivity index (χ2n) is 2.84. The lowest BCUT2D eigenvalue weighted by Gasteiger charge is -1.92. The molecule has 0 saturated carbocycles. The van der Waals surface area contributed by atoms with Crippen LogP contribution in [0.5, 0.6) is 0 Å². The van der Waals surface area contributed by atoms with E-state index in [-0.39, 0.29) is 5.78 Å². The SMILES string of the molecule is CCCC(=O)c1csc(CCN)n1. The van der Waals surface area contributed by atoms with Crippen LogP contribution in [0.3, 0.4) is 0 Å². The largest absolute Gasteiger partial charge is 0.330 e. The Morgan fingerprint density at radius 3 is 3.08 bits per heavy atom. The Bertz CT molecular complexity index is 283. The summed E-state index contributed by atoms with van der Waals surface area (Å²) in [4.78, 5) is 15.6. The van der Waals surface area contributed by atoms with E-state index in [0.29, 0.717) is 18.7 Å². The van der Waals surface area contributed by atoms with Gasteiger partial charge in [-0.2, -0.15) is 0 Å². The third-order valence-electron chi connectivity index (χ3n) is 1.67. The van der Waals surface area contributed by atoms with Gasteiger partial charge in [0, 0.05) is 18.2 Å². The molecule has 0 radical (unpaired) electrons. The summed E-state index contributed by atoms with van der Waals surface area (Å²) in [5, 5.41) is 2.78. The lowest BCUT2D eigenvalue weighted by atomic mass is 10.2. The molecule has 1 aromatic heterocycles. The van der Waals surface area contributed by atoms with E-state index >= 15 is 0 Å². The maximum atomic E-state index is 11.4. The Morgan fingerprint density at radius 2 is 2.46 bits per heavy atom. The molecule has 1 heterocycles. The third-order valence-corrected chi connectivity index (χ3v) is 2.58. The second-order valence-corrected chi connectivity index (χ2v) is 3.78. The van der Waals surface area contributed by atoms with Gasteiger partial charge >= 0.3 is 0 Å². The van der Waals surface area contributed by atoms with Gasteiger partial charge < -0.3 is 5.73 Å². The highest BCUT2D eigenvalue weighted by Crippen LogP contribution is 2.12. The molecule has 0 fully saturated rings. The van der Waals surface area contributed by atoms with E-state index in [4.69, 9.17) is 5.73 Å². The van der Waals surface area contributed by atoms with E-state index in [0.717, 1.165) is 17.8 Å². The molecule has 0 unspecified atom stereocenters. The second kappa shape index (κ2) is 5.09. The van der Waals surface area contributed by atoms with Crippen LogP contribution in [0.2, 0.25) is 0 Å². The molecule has 0 amide bonds. The summed E-state index contributed by atoms with van der Waals surface area (Å²) < 4.78 is 0. The van der Waals surface area contributed by atoms with Gasteiger partial charge in [0.05, 0.1) is 5.01 Å². The van der Waals surface area contributed by atoms with Crippen LogP contribution in [0.1, 0.15) is 35.3 Å². The number of ketones is 1. The van der Waals surface area contributed by atoms with Gasteiger partial charge in [-0.15, -0.1) is 11.3 Å². The van der Waals surface area contributed by atoms with Crippen molar-refractivity contribution in [3.63, 3.8) is 0 Å². The first-order chi connectivity index (χ1) is 6.27. The molecule has 0 atom stereocenters. The molecule has 0 aliphatic carbocycles. The number of carbonyl (C=O) groups excluding carboxylic acids is 1. The molecule has 0 saturated heterocycles. The van der Waals surface area contributed by atoms with Crippen LogP contribution in [0.4, 0.5) is 0 Å². The van der Waals surface area contributed by atoms with Crippen molar-refractivity contribution in [3.8, 4) is 0 Å². The molecule has 4 heteroatoms. The Morgan fingerprint density at radius 1 is 1.69 bits per heavy atom. The van der Waals surface area contributed by atoms with E-state index in [1.807, 2.05) is 12.3 Å². The fraction of sp³-hybridized carbons (Fsp3) is 0.556. The number of nitrogens with zero attached hydrogens (tertiary/aromatic N) is 1. The number of aromatic nitrogens is 1. The highest BCUT2D eigenvalue weighted by Gasteiger charge is 2.08. The zero-order valence-corrected chi connectivity index (χ0v) is 8.56. The zero-order valence-electron chi connectivity index (χ0n) is 7.75. The summed E-state index contributed by atoms with van der Waals surface area (Å²) >= 11 is 1.52. The molecule has 0 spiro atoms. The summed E-state index contributed by atoms with van der Waals surface area (Å²) in [5.74, 6) is 0.141. The number of Topliss-reactive ketones (excluding diaryl/α,β-unsaturated/α-hetero) is 1. The highest BCUT2D eigenvalue weighted by atomic mass is 32.1. The predicted molar refractivity (Wildman–Crippen MR) is 54.1 cm³/mol. The van der Waals surface area contributed by atoms with Crippen LogP contribution in [0.25, 0.3) is 0 Å². The van der Waals surface area contributed by atoms with Gasteiger partial charge in [-0.1, -0.05) is 6.92 Å². The van der Waals surface area contributed by atoms with E-state index in [2.05, 4.69) is 4.98 Å². The number of rotatable bonds is 5. The van der Waals surface area contributed by atoms with Gasteiger partial charge in [-0.3, -0.25) is 4.79 Å². The number of carbonyl (C=O) groups is 1. The van der Waals surface area contributed by atoms with Crippen molar-refractivity contribution in [3.05, 3.63) is 16.1 Å². The van der Waals surface area contributed by atoms with Crippen molar-refractivity contribution in [2.75, 3.05) is 6.54 Å². The number of nitrogens with two attached hydrogens (primary N) is 1.